The Hall–Kier alpha value is -3.54. The van der Waals surface area contributed by atoms with Crippen molar-refractivity contribution in [2.24, 2.45) is 0 Å². The van der Waals surface area contributed by atoms with Crippen LogP contribution >= 0.6 is 0 Å². The average molecular weight is 343 g/mol. The number of aryl methyl sites for hydroxylation is 2. The number of aromatic hydroxyl groups is 1. The summed E-state index contributed by atoms with van der Waals surface area (Å²) in [5, 5.41) is 21.4. The van der Waals surface area contributed by atoms with Crippen LogP contribution in [-0.2, 0) is 0 Å². The summed E-state index contributed by atoms with van der Waals surface area (Å²) in [4.78, 5) is 8.65. The monoisotopic (exact) mass is 343 g/mol. The van der Waals surface area contributed by atoms with Gasteiger partial charge in [0.25, 0.3) is 0 Å². The molecule has 2 aromatic heterocycles. The summed E-state index contributed by atoms with van der Waals surface area (Å²) < 4.78 is 0. The summed E-state index contributed by atoms with van der Waals surface area (Å²) in [6, 6.07) is 13.1. The molecule has 2 N–H and O–H groups in total. The van der Waals surface area contributed by atoms with Gasteiger partial charge in [-0.2, -0.15) is 0 Å². The molecule has 0 spiro atoms. The van der Waals surface area contributed by atoms with Gasteiger partial charge < -0.3 is 10.4 Å². The Labute approximate surface area is 150 Å². The van der Waals surface area contributed by atoms with E-state index in [0.717, 1.165) is 33.5 Å². The molecular weight excluding hydrogens is 326 g/mol. The normalized spacial score (nSPS) is 10.8. The van der Waals surface area contributed by atoms with Crippen LogP contribution in [-0.4, -0.2) is 25.3 Å². The molecule has 0 unspecified atom stereocenters. The molecule has 2 heterocycles. The largest absolute Gasteiger partial charge is 0.508 e. The van der Waals surface area contributed by atoms with Crippen LogP contribution in [0.15, 0.2) is 54.9 Å². The van der Waals surface area contributed by atoms with Gasteiger partial charge in [0, 0.05) is 6.20 Å². The van der Waals surface area contributed by atoms with Crippen molar-refractivity contribution in [3.8, 4) is 16.9 Å². The fraction of sp³-hybridized carbons (Fsp3) is 0.100. The minimum Gasteiger partial charge on any atom is -0.508 e. The predicted molar refractivity (Wildman–Crippen MR) is 101 cm³/mol. The van der Waals surface area contributed by atoms with E-state index in [9.17, 15) is 5.11 Å². The van der Waals surface area contributed by atoms with Crippen molar-refractivity contribution in [1.29, 1.82) is 0 Å². The van der Waals surface area contributed by atoms with E-state index >= 15 is 0 Å². The molecule has 0 atom stereocenters. The first kappa shape index (κ1) is 16.0. The highest BCUT2D eigenvalue weighted by molar-refractivity contribution is 5.85. The smallest absolute Gasteiger partial charge is 0.247 e. The number of nitrogens with one attached hydrogen (secondary N) is 1. The Kier molecular flexibility index (Phi) is 3.93. The van der Waals surface area contributed by atoms with E-state index in [1.165, 1.54) is 0 Å². The van der Waals surface area contributed by atoms with E-state index < -0.39 is 0 Å². The van der Waals surface area contributed by atoms with Crippen molar-refractivity contribution in [3.05, 3.63) is 66.0 Å². The van der Waals surface area contributed by atoms with Crippen molar-refractivity contribution >= 4 is 22.7 Å². The number of pyridine rings is 1. The molecule has 0 saturated carbocycles. The predicted octanol–water partition coefficient (Wildman–Crippen LogP) is 4.15. The van der Waals surface area contributed by atoms with Gasteiger partial charge >= 0.3 is 0 Å². The zero-order valence-electron chi connectivity index (χ0n) is 14.4. The third-order valence-corrected chi connectivity index (χ3v) is 4.20. The number of hydrogen-bond acceptors (Lipinski definition) is 6. The molecule has 2 aromatic carbocycles. The number of hydrogen-bond donors (Lipinski definition) is 2. The van der Waals surface area contributed by atoms with Gasteiger partial charge in [-0.05, 0) is 72.5 Å². The Bertz CT molecular complexity index is 1100. The van der Waals surface area contributed by atoms with Gasteiger partial charge in [0.15, 0.2) is 0 Å². The van der Waals surface area contributed by atoms with Crippen LogP contribution in [0.25, 0.3) is 22.2 Å². The lowest BCUT2D eigenvalue weighted by Gasteiger charge is -2.10. The highest BCUT2D eigenvalue weighted by atomic mass is 16.3. The van der Waals surface area contributed by atoms with E-state index in [2.05, 4.69) is 25.5 Å². The van der Waals surface area contributed by atoms with Crippen molar-refractivity contribution in [1.82, 2.24) is 20.2 Å². The second kappa shape index (κ2) is 6.40. The summed E-state index contributed by atoms with van der Waals surface area (Å²) in [7, 11) is 0. The van der Waals surface area contributed by atoms with Crippen LogP contribution in [0, 0.1) is 13.8 Å². The summed E-state index contributed by atoms with van der Waals surface area (Å²) in [5.41, 5.74) is 6.31. The highest BCUT2D eigenvalue weighted by Crippen LogP contribution is 2.30. The number of benzene rings is 2. The Morgan fingerprint density at radius 2 is 1.85 bits per heavy atom. The number of phenolic OH excluding ortho intramolecular Hbond substituents is 1. The molecule has 0 amide bonds. The quantitative estimate of drug-likeness (QED) is 0.581. The maximum atomic E-state index is 9.80. The lowest BCUT2D eigenvalue weighted by molar-refractivity contribution is 0.475. The molecule has 0 aliphatic heterocycles. The molecule has 6 nitrogen and oxygen atoms in total. The Morgan fingerprint density at radius 1 is 0.962 bits per heavy atom. The second-order valence-corrected chi connectivity index (χ2v) is 6.16. The second-order valence-electron chi connectivity index (χ2n) is 6.16. The SMILES string of the molecule is Cc1ccc(O)cc1-c1cc(C)c2nc(Nc3cccnc3)nnc2c1. The number of nitrogens with zero attached hydrogens (tertiary/aromatic N) is 4. The van der Waals surface area contributed by atoms with Crippen molar-refractivity contribution in [2.75, 3.05) is 5.32 Å². The number of aromatic nitrogens is 4. The van der Waals surface area contributed by atoms with Crippen LogP contribution in [0.2, 0.25) is 0 Å². The van der Waals surface area contributed by atoms with E-state index in [1.807, 2.05) is 44.2 Å². The molecule has 0 saturated heterocycles. The van der Waals surface area contributed by atoms with Crippen molar-refractivity contribution in [2.45, 2.75) is 13.8 Å². The molecule has 0 bridgehead atoms. The number of phenols is 1. The topological polar surface area (TPSA) is 83.8 Å². The van der Waals surface area contributed by atoms with Gasteiger partial charge in [-0.1, -0.05) is 6.07 Å². The summed E-state index contributed by atoms with van der Waals surface area (Å²) >= 11 is 0. The first-order valence-corrected chi connectivity index (χ1v) is 8.22. The van der Waals surface area contributed by atoms with Crippen LogP contribution < -0.4 is 5.32 Å². The fourth-order valence-corrected chi connectivity index (χ4v) is 2.91. The molecule has 6 heteroatoms. The standard InChI is InChI=1S/C20H17N5O/c1-12-5-6-16(26)10-17(12)14-8-13(2)19-18(9-14)24-25-20(23-19)22-15-4-3-7-21-11-15/h3-11,26H,1-2H3,(H,22,23,25). The molecule has 4 rings (SSSR count). The van der Waals surface area contributed by atoms with Gasteiger partial charge in [0.1, 0.15) is 11.3 Å². The lowest BCUT2D eigenvalue weighted by Crippen LogP contribution is -2.01. The Morgan fingerprint density at radius 3 is 2.65 bits per heavy atom. The van der Waals surface area contributed by atoms with Crippen LogP contribution in [0.5, 0.6) is 5.75 Å². The number of rotatable bonds is 3. The maximum absolute atomic E-state index is 9.80. The molecule has 0 aliphatic rings. The maximum Gasteiger partial charge on any atom is 0.247 e. The molecule has 128 valence electrons. The highest BCUT2D eigenvalue weighted by Gasteiger charge is 2.10. The Balaban J connectivity index is 1.77. The molecule has 0 aliphatic carbocycles. The van der Waals surface area contributed by atoms with Gasteiger partial charge in [0.2, 0.25) is 5.95 Å². The van der Waals surface area contributed by atoms with Gasteiger partial charge in [-0.15, -0.1) is 10.2 Å². The van der Waals surface area contributed by atoms with E-state index in [4.69, 9.17) is 0 Å². The third-order valence-electron chi connectivity index (χ3n) is 4.20. The van der Waals surface area contributed by atoms with Gasteiger partial charge in [-0.25, -0.2) is 4.98 Å². The minimum absolute atomic E-state index is 0.239. The molecule has 0 radical (unpaired) electrons. The average Bonchev–Trinajstić information content (AvgIpc) is 2.65. The molecular formula is C20H17N5O. The third kappa shape index (κ3) is 3.04. The fourth-order valence-electron chi connectivity index (χ4n) is 2.91. The van der Waals surface area contributed by atoms with Crippen LogP contribution in [0.3, 0.4) is 0 Å². The summed E-state index contributed by atoms with van der Waals surface area (Å²) in [5.74, 6) is 0.665. The number of anilines is 2. The molecule has 0 fully saturated rings. The first-order chi connectivity index (χ1) is 12.6. The van der Waals surface area contributed by atoms with Crippen LogP contribution in [0.1, 0.15) is 11.1 Å². The minimum atomic E-state index is 0.239. The van der Waals surface area contributed by atoms with Crippen molar-refractivity contribution in [3.63, 3.8) is 0 Å². The molecule has 4 aromatic rings. The van der Waals surface area contributed by atoms with Gasteiger partial charge in [0.05, 0.1) is 17.4 Å². The first-order valence-electron chi connectivity index (χ1n) is 8.22. The van der Waals surface area contributed by atoms with Crippen LogP contribution in [0.4, 0.5) is 11.6 Å². The lowest BCUT2D eigenvalue weighted by atomic mass is 9.98. The van der Waals surface area contributed by atoms with Gasteiger partial charge in [-0.3, -0.25) is 4.98 Å². The van der Waals surface area contributed by atoms with E-state index in [0.29, 0.717) is 11.5 Å². The summed E-state index contributed by atoms with van der Waals surface area (Å²) in [6.07, 6.45) is 3.41. The zero-order chi connectivity index (χ0) is 18.1. The summed E-state index contributed by atoms with van der Waals surface area (Å²) in [6.45, 7) is 4.01. The molecule has 26 heavy (non-hydrogen) atoms. The van der Waals surface area contributed by atoms with E-state index in [1.54, 1.807) is 24.5 Å². The number of fused-ring (bicyclic) bond motifs is 1. The van der Waals surface area contributed by atoms with E-state index in [-0.39, 0.29) is 5.75 Å². The zero-order valence-corrected chi connectivity index (χ0v) is 14.4. The van der Waals surface area contributed by atoms with Crippen molar-refractivity contribution < 1.29 is 5.11 Å².